The Morgan fingerprint density at radius 3 is 2.39 bits per heavy atom. The molecule has 3 aromatic rings. The molecule has 192 valence electrons. The van der Waals surface area contributed by atoms with Crippen molar-refractivity contribution in [2.75, 3.05) is 55.8 Å². The number of nitrogens with zero attached hydrogens (tertiary/aromatic N) is 6. The zero-order valence-corrected chi connectivity index (χ0v) is 24.1. The van der Waals surface area contributed by atoms with Crippen LogP contribution in [0.4, 0.5) is 23.1 Å². The molecule has 2 heterocycles. The number of rotatable bonds is 8. The summed E-state index contributed by atoms with van der Waals surface area (Å²) >= 11 is 8.52. The summed E-state index contributed by atoms with van der Waals surface area (Å²) in [5, 5.41) is 3.36. The van der Waals surface area contributed by atoms with Crippen molar-refractivity contribution in [1.82, 2.24) is 24.1 Å². The van der Waals surface area contributed by atoms with E-state index in [-0.39, 0.29) is 9.92 Å². The third kappa shape index (κ3) is 6.26. The molecular formula is C24H29ClIN7O2S. The lowest BCUT2D eigenvalue weighted by Gasteiger charge is -2.32. The summed E-state index contributed by atoms with van der Waals surface area (Å²) in [6.07, 6.45) is 1.50. The van der Waals surface area contributed by atoms with Gasteiger partial charge in [0.1, 0.15) is 9.92 Å². The first-order valence-corrected chi connectivity index (χ1v) is 14.2. The summed E-state index contributed by atoms with van der Waals surface area (Å²) in [4.78, 5) is 13.9. The van der Waals surface area contributed by atoms with Crippen LogP contribution in [0.15, 0.2) is 59.6 Å². The van der Waals surface area contributed by atoms with E-state index >= 15 is 0 Å². The monoisotopic (exact) mass is 641 g/mol. The van der Waals surface area contributed by atoms with Gasteiger partial charge in [-0.25, -0.2) is 17.7 Å². The van der Waals surface area contributed by atoms with E-state index in [0.717, 1.165) is 38.4 Å². The van der Waals surface area contributed by atoms with Gasteiger partial charge in [0.05, 0.1) is 40.4 Å². The molecular weight excluding hydrogens is 613 g/mol. The Morgan fingerprint density at radius 2 is 1.72 bits per heavy atom. The Labute approximate surface area is 231 Å². The molecule has 1 aromatic heterocycles. The van der Waals surface area contributed by atoms with Crippen molar-refractivity contribution < 1.29 is 8.42 Å². The number of nitrogens with one attached hydrogen (secondary N) is 1. The highest BCUT2D eigenvalue weighted by molar-refractivity contribution is 14.1. The van der Waals surface area contributed by atoms with Crippen molar-refractivity contribution in [1.29, 1.82) is 0 Å². The van der Waals surface area contributed by atoms with E-state index in [0.29, 0.717) is 17.5 Å². The van der Waals surface area contributed by atoms with Crippen LogP contribution in [0.3, 0.4) is 0 Å². The summed E-state index contributed by atoms with van der Waals surface area (Å²) in [7, 11) is 1.48. The molecule has 0 saturated carbocycles. The highest BCUT2D eigenvalue weighted by atomic mass is 127. The van der Waals surface area contributed by atoms with Gasteiger partial charge in [0.25, 0.3) is 0 Å². The first-order chi connectivity index (χ1) is 17.1. The van der Waals surface area contributed by atoms with E-state index in [1.807, 2.05) is 15.2 Å². The third-order valence-corrected chi connectivity index (χ3v) is 9.11. The standard InChI is InChI=1S/C24H29ClIN7O2S/c1-30(2)36(34,35)22-7-5-4-6-21(22)28-23-20(25)16-27-24(29-23)33(26)19-10-8-18(9-11-19)17-32-14-12-31(3)13-15-32/h4-11,16H,12-15,17H2,1-3H3,(H,27,28,29). The molecule has 0 unspecified atom stereocenters. The van der Waals surface area contributed by atoms with Crippen LogP contribution in [0.25, 0.3) is 0 Å². The lowest BCUT2D eigenvalue weighted by atomic mass is 10.2. The van der Waals surface area contributed by atoms with Crippen molar-refractivity contribution in [2.45, 2.75) is 11.4 Å². The molecule has 9 nitrogen and oxygen atoms in total. The van der Waals surface area contributed by atoms with Gasteiger partial charge in [-0.2, -0.15) is 4.98 Å². The third-order valence-electron chi connectivity index (χ3n) is 5.97. The maximum atomic E-state index is 12.8. The Hall–Kier alpha value is -2.03. The predicted octanol–water partition coefficient (Wildman–Crippen LogP) is 4.36. The summed E-state index contributed by atoms with van der Waals surface area (Å²) in [6.45, 7) is 5.26. The zero-order chi connectivity index (χ0) is 25.9. The topological polar surface area (TPSA) is 84.9 Å². The largest absolute Gasteiger partial charge is 0.338 e. The van der Waals surface area contributed by atoms with Gasteiger partial charge in [0.2, 0.25) is 16.0 Å². The average Bonchev–Trinajstić information content (AvgIpc) is 2.87. The summed E-state index contributed by atoms with van der Waals surface area (Å²) in [5.74, 6) is 0.735. The van der Waals surface area contributed by atoms with E-state index in [2.05, 4.69) is 67.1 Å². The maximum absolute atomic E-state index is 12.8. The van der Waals surface area contributed by atoms with Crippen LogP contribution in [0.5, 0.6) is 0 Å². The first kappa shape index (κ1) is 27.0. The highest BCUT2D eigenvalue weighted by Gasteiger charge is 2.22. The molecule has 12 heteroatoms. The molecule has 0 radical (unpaired) electrons. The van der Waals surface area contributed by atoms with Crippen LogP contribution >= 0.6 is 34.5 Å². The number of aromatic nitrogens is 2. The van der Waals surface area contributed by atoms with Gasteiger partial charge < -0.3 is 10.2 Å². The van der Waals surface area contributed by atoms with Crippen LogP contribution in [0.2, 0.25) is 5.02 Å². The fourth-order valence-corrected chi connectivity index (χ4v) is 5.50. The fraction of sp³-hybridized carbons (Fsp3) is 0.333. The number of halogens is 2. The van der Waals surface area contributed by atoms with E-state index in [1.165, 1.54) is 30.2 Å². The smallest absolute Gasteiger partial charge is 0.244 e. The van der Waals surface area contributed by atoms with Crippen molar-refractivity contribution in [2.24, 2.45) is 0 Å². The molecule has 0 spiro atoms. The van der Waals surface area contributed by atoms with Crippen molar-refractivity contribution in [3.63, 3.8) is 0 Å². The van der Waals surface area contributed by atoms with Crippen molar-refractivity contribution in [3.8, 4) is 0 Å². The molecule has 1 fully saturated rings. The number of likely N-dealkylation sites (N-methyl/N-ethyl adjacent to an activating group) is 1. The van der Waals surface area contributed by atoms with Crippen LogP contribution in [0.1, 0.15) is 5.56 Å². The summed E-state index contributed by atoms with van der Waals surface area (Å²) in [5.41, 5.74) is 2.55. The molecule has 4 rings (SSSR count). The quantitative estimate of drug-likeness (QED) is 0.287. The minimum atomic E-state index is -3.66. The number of piperazine rings is 1. The Morgan fingerprint density at radius 1 is 1.06 bits per heavy atom. The predicted molar refractivity (Wildman–Crippen MR) is 153 cm³/mol. The maximum Gasteiger partial charge on any atom is 0.244 e. The van der Waals surface area contributed by atoms with Gasteiger partial charge in [-0.05, 0) is 36.9 Å². The highest BCUT2D eigenvalue weighted by Crippen LogP contribution is 2.32. The minimum Gasteiger partial charge on any atom is -0.338 e. The van der Waals surface area contributed by atoms with Gasteiger partial charge in [0, 0.05) is 46.8 Å². The van der Waals surface area contributed by atoms with E-state index in [1.54, 1.807) is 24.3 Å². The Bertz CT molecular complexity index is 1300. The number of para-hydroxylation sites is 1. The minimum absolute atomic E-state index is 0.133. The number of benzene rings is 2. The fourth-order valence-electron chi connectivity index (χ4n) is 3.77. The van der Waals surface area contributed by atoms with E-state index < -0.39 is 10.0 Å². The second kappa shape index (κ2) is 11.6. The molecule has 0 bridgehead atoms. The van der Waals surface area contributed by atoms with Crippen LogP contribution in [-0.2, 0) is 16.6 Å². The van der Waals surface area contributed by atoms with E-state index in [9.17, 15) is 8.42 Å². The molecule has 1 N–H and O–H groups in total. The summed E-state index contributed by atoms with van der Waals surface area (Å²) in [6, 6.07) is 15.0. The lowest BCUT2D eigenvalue weighted by Crippen LogP contribution is -2.43. The Balaban J connectivity index is 1.52. The number of hydrogen-bond donors (Lipinski definition) is 1. The molecule has 0 atom stereocenters. The van der Waals surface area contributed by atoms with Crippen LogP contribution in [-0.4, -0.2) is 79.8 Å². The summed E-state index contributed by atoms with van der Waals surface area (Å²) < 4.78 is 28.5. The normalized spacial score (nSPS) is 15.3. The van der Waals surface area contributed by atoms with Crippen molar-refractivity contribution >= 4 is 67.6 Å². The SMILES string of the molecule is CN1CCN(Cc2ccc(N(I)c3ncc(Cl)c(Nc4ccccc4S(=O)(=O)N(C)C)n3)cc2)CC1. The molecule has 1 saturated heterocycles. The molecule has 0 amide bonds. The van der Waals surface area contributed by atoms with E-state index in [4.69, 9.17) is 11.6 Å². The molecule has 36 heavy (non-hydrogen) atoms. The molecule has 1 aliphatic rings. The van der Waals surface area contributed by atoms with Gasteiger partial charge in [-0.15, -0.1) is 0 Å². The molecule has 2 aromatic carbocycles. The van der Waals surface area contributed by atoms with Crippen LogP contribution < -0.4 is 8.43 Å². The number of anilines is 4. The average molecular weight is 642 g/mol. The first-order valence-electron chi connectivity index (χ1n) is 11.4. The molecule has 0 aliphatic carbocycles. The van der Waals surface area contributed by atoms with Gasteiger partial charge in [-0.3, -0.25) is 8.01 Å². The number of hydrogen-bond acceptors (Lipinski definition) is 8. The second-order valence-corrected chi connectivity index (χ2v) is 12.3. The van der Waals surface area contributed by atoms with Gasteiger partial charge in [0.15, 0.2) is 5.82 Å². The second-order valence-electron chi connectivity index (χ2n) is 8.80. The lowest BCUT2D eigenvalue weighted by molar-refractivity contribution is 0.148. The van der Waals surface area contributed by atoms with Gasteiger partial charge in [-0.1, -0.05) is 35.9 Å². The van der Waals surface area contributed by atoms with Crippen molar-refractivity contribution in [3.05, 3.63) is 65.3 Å². The molecule has 1 aliphatic heterocycles. The van der Waals surface area contributed by atoms with Gasteiger partial charge >= 0.3 is 0 Å². The van der Waals surface area contributed by atoms with Crippen LogP contribution in [0, 0.1) is 0 Å². The Kier molecular flexibility index (Phi) is 8.68. The zero-order valence-electron chi connectivity index (χ0n) is 20.4. The number of sulfonamides is 1.